The van der Waals surface area contributed by atoms with Gasteiger partial charge in [-0.15, -0.1) is 0 Å². The summed E-state index contributed by atoms with van der Waals surface area (Å²) < 4.78 is 16.3. The lowest BCUT2D eigenvalue weighted by Gasteiger charge is -2.36. The van der Waals surface area contributed by atoms with E-state index < -0.39 is 12.0 Å². The molecule has 2 heterocycles. The molecule has 204 valence electrons. The molecule has 0 bridgehead atoms. The quantitative estimate of drug-likeness (QED) is 0.509. The van der Waals surface area contributed by atoms with E-state index in [1.165, 1.54) is 4.90 Å². The first kappa shape index (κ1) is 28.1. The number of nitrogens with zero attached hydrogens (tertiary/aromatic N) is 3. The van der Waals surface area contributed by atoms with Crippen LogP contribution in [-0.2, 0) is 9.53 Å². The Kier molecular flexibility index (Phi) is 9.62. The van der Waals surface area contributed by atoms with Crippen molar-refractivity contribution in [2.45, 2.75) is 39.3 Å². The van der Waals surface area contributed by atoms with Gasteiger partial charge in [0.25, 0.3) is 0 Å². The summed E-state index contributed by atoms with van der Waals surface area (Å²) in [5.41, 5.74) is 1.57. The minimum absolute atomic E-state index is 0.0608. The smallest absolute Gasteiger partial charge is 0.338 e. The van der Waals surface area contributed by atoms with Crippen LogP contribution in [0.1, 0.15) is 38.8 Å². The van der Waals surface area contributed by atoms with Crippen molar-refractivity contribution in [3.8, 4) is 11.5 Å². The van der Waals surface area contributed by atoms with Gasteiger partial charge in [0.1, 0.15) is 11.5 Å². The van der Waals surface area contributed by atoms with Gasteiger partial charge in [0.15, 0.2) is 0 Å². The molecule has 1 fully saturated rings. The van der Waals surface area contributed by atoms with E-state index >= 15 is 0 Å². The molecule has 1 aromatic rings. The van der Waals surface area contributed by atoms with Crippen LogP contribution in [0.3, 0.4) is 0 Å². The molecule has 2 N–H and O–H groups in total. The SMILES string of the molecule is CCOC(=O)C1=C(CN2CCCN(C(=O)NC(C)C)CC2)N(C)C(=O)NC1c1cc(OC)cc(OC)c1. The summed E-state index contributed by atoms with van der Waals surface area (Å²) in [6, 6.07) is 4.17. The first-order chi connectivity index (χ1) is 17.7. The van der Waals surface area contributed by atoms with Gasteiger partial charge in [-0.1, -0.05) is 0 Å². The number of hydrogen-bond acceptors (Lipinski definition) is 7. The highest BCUT2D eigenvalue weighted by Crippen LogP contribution is 2.35. The van der Waals surface area contributed by atoms with Crippen LogP contribution in [-0.4, -0.2) is 99.4 Å². The van der Waals surface area contributed by atoms with Crippen molar-refractivity contribution in [3.05, 3.63) is 35.0 Å². The van der Waals surface area contributed by atoms with Crippen molar-refractivity contribution in [2.75, 3.05) is 60.6 Å². The van der Waals surface area contributed by atoms with Crippen LogP contribution in [0.15, 0.2) is 29.5 Å². The molecule has 0 aromatic heterocycles. The first-order valence-electron chi connectivity index (χ1n) is 12.6. The minimum atomic E-state index is -0.748. The van der Waals surface area contributed by atoms with Crippen molar-refractivity contribution < 1.29 is 28.6 Å². The van der Waals surface area contributed by atoms with Crippen LogP contribution in [0.5, 0.6) is 11.5 Å². The number of benzene rings is 1. The minimum Gasteiger partial charge on any atom is -0.497 e. The zero-order valence-corrected chi connectivity index (χ0v) is 22.6. The number of amides is 4. The molecule has 1 aromatic carbocycles. The fraction of sp³-hybridized carbons (Fsp3) is 0.577. The normalized spacial score (nSPS) is 18.9. The van der Waals surface area contributed by atoms with Gasteiger partial charge in [0.05, 0.1) is 32.4 Å². The van der Waals surface area contributed by atoms with E-state index in [9.17, 15) is 14.4 Å². The van der Waals surface area contributed by atoms with E-state index in [1.807, 2.05) is 18.7 Å². The second kappa shape index (κ2) is 12.7. The third-order valence-electron chi connectivity index (χ3n) is 6.44. The lowest BCUT2D eigenvalue weighted by Crippen LogP contribution is -2.49. The van der Waals surface area contributed by atoms with E-state index in [4.69, 9.17) is 14.2 Å². The highest BCUT2D eigenvalue weighted by molar-refractivity contribution is 5.95. The molecule has 1 atom stereocenters. The number of esters is 1. The summed E-state index contributed by atoms with van der Waals surface area (Å²) in [4.78, 5) is 44.3. The third-order valence-corrected chi connectivity index (χ3v) is 6.44. The highest BCUT2D eigenvalue weighted by Gasteiger charge is 2.38. The molecule has 1 saturated heterocycles. The van der Waals surface area contributed by atoms with Gasteiger partial charge in [-0.3, -0.25) is 9.80 Å². The number of nitrogens with one attached hydrogen (secondary N) is 2. The number of carbonyl (C=O) groups excluding carboxylic acids is 3. The maximum absolute atomic E-state index is 13.3. The topological polar surface area (TPSA) is 113 Å². The molecule has 2 aliphatic heterocycles. The van der Waals surface area contributed by atoms with E-state index in [0.29, 0.717) is 54.5 Å². The van der Waals surface area contributed by atoms with E-state index in [2.05, 4.69) is 15.5 Å². The summed E-state index contributed by atoms with van der Waals surface area (Å²) in [6.07, 6.45) is 0.778. The third kappa shape index (κ3) is 6.85. The maximum Gasteiger partial charge on any atom is 0.338 e. The highest BCUT2D eigenvalue weighted by atomic mass is 16.5. The molecule has 0 saturated carbocycles. The van der Waals surface area contributed by atoms with Gasteiger partial charge in [-0.05, 0) is 44.9 Å². The lowest BCUT2D eigenvalue weighted by atomic mass is 9.94. The second-order valence-electron chi connectivity index (χ2n) is 9.39. The van der Waals surface area contributed by atoms with Gasteiger partial charge < -0.3 is 29.7 Å². The molecule has 0 radical (unpaired) electrons. The van der Waals surface area contributed by atoms with E-state index in [0.717, 1.165) is 13.0 Å². The predicted molar refractivity (Wildman–Crippen MR) is 139 cm³/mol. The number of hydrogen-bond donors (Lipinski definition) is 2. The summed E-state index contributed by atoms with van der Waals surface area (Å²) in [5.74, 6) is 0.586. The Morgan fingerprint density at radius 3 is 2.35 bits per heavy atom. The fourth-order valence-corrected chi connectivity index (χ4v) is 4.53. The van der Waals surface area contributed by atoms with Gasteiger partial charge in [0, 0.05) is 57.6 Å². The Morgan fingerprint density at radius 2 is 1.76 bits per heavy atom. The number of rotatable bonds is 8. The molecule has 11 heteroatoms. The molecule has 0 spiro atoms. The van der Waals surface area contributed by atoms with Crippen LogP contribution >= 0.6 is 0 Å². The molecular weight excluding hydrogens is 478 g/mol. The number of methoxy groups -OCH3 is 2. The second-order valence-corrected chi connectivity index (χ2v) is 9.39. The van der Waals surface area contributed by atoms with Gasteiger partial charge in [-0.2, -0.15) is 0 Å². The summed E-state index contributed by atoms with van der Waals surface area (Å²) in [5, 5.41) is 5.88. The lowest BCUT2D eigenvalue weighted by molar-refractivity contribution is -0.139. The van der Waals surface area contributed by atoms with Crippen LogP contribution in [0, 0.1) is 0 Å². The van der Waals surface area contributed by atoms with E-state index in [1.54, 1.807) is 46.4 Å². The zero-order valence-electron chi connectivity index (χ0n) is 22.6. The van der Waals surface area contributed by atoms with Crippen LogP contribution in [0.25, 0.3) is 0 Å². The van der Waals surface area contributed by atoms with Crippen LogP contribution in [0.2, 0.25) is 0 Å². The fourth-order valence-electron chi connectivity index (χ4n) is 4.53. The Morgan fingerprint density at radius 1 is 1.08 bits per heavy atom. The molecular formula is C26H39N5O6. The largest absolute Gasteiger partial charge is 0.497 e. The maximum atomic E-state index is 13.3. The number of carbonyl (C=O) groups is 3. The zero-order chi connectivity index (χ0) is 27.1. The predicted octanol–water partition coefficient (Wildman–Crippen LogP) is 2.34. The summed E-state index contributed by atoms with van der Waals surface area (Å²) in [7, 11) is 4.74. The summed E-state index contributed by atoms with van der Waals surface area (Å²) >= 11 is 0. The molecule has 11 nitrogen and oxygen atoms in total. The van der Waals surface area contributed by atoms with Gasteiger partial charge in [-0.25, -0.2) is 14.4 Å². The number of urea groups is 2. The standard InChI is InChI=1S/C26H39N5O6/c1-7-37-24(32)22-21(16-30-9-8-10-31(12-11-30)26(34)27-17(2)3)29(4)25(33)28-23(22)18-13-19(35-5)15-20(14-18)36-6/h13-15,17,23H,7-12,16H2,1-6H3,(H,27,34)(H,28,33). The molecule has 4 amide bonds. The van der Waals surface area contributed by atoms with Crippen LogP contribution < -0.4 is 20.1 Å². The Bertz CT molecular complexity index is 1000. The number of likely N-dealkylation sites (N-methyl/N-ethyl adjacent to an activating group) is 1. The van der Waals surface area contributed by atoms with Crippen molar-refractivity contribution >= 4 is 18.0 Å². The molecule has 1 unspecified atom stereocenters. The number of ether oxygens (including phenoxy) is 3. The summed E-state index contributed by atoms with van der Waals surface area (Å²) in [6.45, 7) is 8.69. The monoisotopic (exact) mass is 517 g/mol. The van der Waals surface area contributed by atoms with Gasteiger partial charge in [0.2, 0.25) is 0 Å². The average molecular weight is 518 g/mol. The molecule has 0 aliphatic carbocycles. The van der Waals surface area contributed by atoms with Crippen molar-refractivity contribution in [2.24, 2.45) is 0 Å². The van der Waals surface area contributed by atoms with Crippen molar-refractivity contribution in [1.29, 1.82) is 0 Å². The average Bonchev–Trinajstić information content (AvgIpc) is 3.11. The van der Waals surface area contributed by atoms with E-state index in [-0.39, 0.29) is 24.7 Å². The first-order valence-corrected chi connectivity index (χ1v) is 12.6. The Balaban J connectivity index is 1.96. The molecule has 2 aliphatic rings. The molecule has 37 heavy (non-hydrogen) atoms. The Labute approximate surface area is 218 Å². The molecule has 3 rings (SSSR count). The van der Waals surface area contributed by atoms with Crippen molar-refractivity contribution in [3.63, 3.8) is 0 Å². The van der Waals surface area contributed by atoms with Crippen molar-refractivity contribution in [1.82, 2.24) is 25.3 Å². The Hall–Kier alpha value is -3.47. The van der Waals surface area contributed by atoms with Crippen LogP contribution in [0.4, 0.5) is 9.59 Å². The van der Waals surface area contributed by atoms with Gasteiger partial charge >= 0.3 is 18.0 Å².